The van der Waals surface area contributed by atoms with Crippen molar-refractivity contribution in [2.75, 3.05) is 30.4 Å². The third-order valence-corrected chi connectivity index (χ3v) is 3.30. The molecule has 1 aliphatic rings. The Hall–Kier alpha value is -1.59. The highest BCUT2D eigenvalue weighted by Gasteiger charge is 2.33. The van der Waals surface area contributed by atoms with E-state index in [0.717, 1.165) is 11.4 Å². The minimum absolute atomic E-state index is 0.308. The molecule has 19 heavy (non-hydrogen) atoms. The molecule has 2 rings (SSSR count). The maximum absolute atomic E-state index is 11.7. The van der Waals surface area contributed by atoms with Crippen molar-refractivity contribution in [3.8, 4) is 0 Å². The summed E-state index contributed by atoms with van der Waals surface area (Å²) in [4.78, 5) is 15.1. The summed E-state index contributed by atoms with van der Waals surface area (Å²) >= 11 is 0. The first-order chi connectivity index (χ1) is 8.70. The van der Waals surface area contributed by atoms with Crippen molar-refractivity contribution < 1.29 is 15.0 Å². The number of rotatable bonds is 3. The number of aliphatic hydroxyl groups is 2. The van der Waals surface area contributed by atoms with Gasteiger partial charge in [0.25, 0.3) is 5.91 Å². The maximum atomic E-state index is 11.7. The summed E-state index contributed by atoms with van der Waals surface area (Å²) in [6, 6.07) is 5.47. The monoisotopic (exact) mass is 264 g/mol. The molecule has 0 spiro atoms. The Balaban J connectivity index is 2.30. The summed E-state index contributed by atoms with van der Waals surface area (Å²) in [6.07, 6.45) is -1.06. The number of carbonyl (C=O) groups excluding carboxylic acids is 1. The Kier molecular flexibility index (Phi) is 3.28. The minimum Gasteiger partial charge on any atom is -0.389 e. The van der Waals surface area contributed by atoms with Gasteiger partial charge < -0.3 is 20.0 Å². The Morgan fingerprint density at radius 2 is 2.05 bits per heavy atom. The molecule has 0 fully saturated rings. The third-order valence-electron chi connectivity index (χ3n) is 3.30. The number of nitrogens with zero attached hydrogens (tertiary/aromatic N) is 2. The number of likely N-dealkylation sites (N-methyl/N-ethyl adjacent to an activating group) is 2. The van der Waals surface area contributed by atoms with Gasteiger partial charge in [0.05, 0.1) is 11.3 Å². The van der Waals surface area contributed by atoms with E-state index in [4.69, 9.17) is 0 Å². The van der Waals surface area contributed by atoms with Crippen LogP contribution in [-0.4, -0.2) is 42.4 Å². The second-order valence-electron chi connectivity index (χ2n) is 5.71. The largest absolute Gasteiger partial charge is 0.389 e. The Bertz CT molecular complexity index is 508. The van der Waals surface area contributed by atoms with E-state index in [1.807, 2.05) is 24.1 Å². The van der Waals surface area contributed by atoms with E-state index in [-0.39, 0.29) is 5.91 Å². The first kappa shape index (κ1) is 13.8. The lowest BCUT2D eigenvalue weighted by Crippen LogP contribution is -2.36. The molecule has 104 valence electrons. The number of anilines is 2. The van der Waals surface area contributed by atoms with Crippen molar-refractivity contribution in [1.29, 1.82) is 0 Å². The minimum atomic E-state index is -1.06. The van der Waals surface area contributed by atoms with Gasteiger partial charge in [0, 0.05) is 31.9 Å². The van der Waals surface area contributed by atoms with Crippen LogP contribution in [0.15, 0.2) is 18.2 Å². The van der Waals surface area contributed by atoms with E-state index < -0.39 is 11.7 Å². The highest BCUT2D eigenvalue weighted by Crippen LogP contribution is 2.37. The van der Waals surface area contributed by atoms with E-state index in [2.05, 4.69) is 0 Å². The molecule has 2 N–H and O–H groups in total. The molecular formula is C14H20N2O3. The molecule has 0 radical (unpaired) electrons. The lowest BCUT2D eigenvalue weighted by molar-refractivity contribution is -0.125. The molecule has 0 aromatic heterocycles. The summed E-state index contributed by atoms with van der Waals surface area (Å²) < 4.78 is 0. The number of fused-ring (bicyclic) bond motifs is 1. The smallest absolute Gasteiger partial charge is 0.260 e. The van der Waals surface area contributed by atoms with Crippen LogP contribution >= 0.6 is 0 Å². The molecule has 1 unspecified atom stereocenters. The number of benzene rings is 1. The zero-order valence-corrected chi connectivity index (χ0v) is 11.7. The van der Waals surface area contributed by atoms with Gasteiger partial charge in [-0.05, 0) is 26.0 Å². The Morgan fingerprint density at radius 1 is 1.42 bits per heavy atom. The van der Waals surface area contributed by atoms with Crippen molar-refractivity contribution in [3.05, 3.63) is 23.8 Å². The molecule has 0 bridgehead atoms. The molecule has 1 atom stereocenters. The van der Waals surface area contributed by atoms with E-state index in [1.54, 1.807) is 27.0 Å². The number of hydrogen-bond acceptors (Lipinski definition) is 4. The standard InChI is InChI=1S/C14H20N2O3/c1-14(2,19)8-15(3)9-5-6-10-11(7-9)16(4)13(18)12(10)17/h5-7,12,17,19H,8H2,1-4H3. The fourth-order valence-corrected chi connectivity index (χ4v) is 2.40. The van der Waals surface area contributed by atoms with Gasteiger partial charge in [-0.3, -0.25) is 4.79 Å². The highest BCUT2D eigenvalue weighted by atomic mass is 16.3. The van der Waals surface area contributed by atoms with Gasteiger partial charge in [0.2, 0.25) is 0 Å². The topological polar surface area (TPSA) is 64.0 Å². The van der Waals surface area contributed by atoms with Crippen LogP contribution in [0.1, 0.15) is 25.5 Å². The van der Waals surface area contributed by atoms with Crippen LogP contribution in [0, 0.1) is 0 Å². The van der Waals surface area contributed by atoms with Crippen LogP contribution < -0.4 is 9.80 Å². The molecule has 0 aliphatic carbocycles. The lowest BCUT2D eigenvalue weighted by Gasteiger charge is -2.27. The number of hydrogen-bond donors (Lipinski definition) is 2. The van der Waals surface area contributed by atoms with Crippen LogP contribution in [0.5, 0.6) is 0 Å². The van der Waals surface area contributed by atoms with Gasteiger partial charge in [0.1, 0.15) is 0 Å². The van der Waals surface area contributed by atoms with Gasteiger partial charge in [0.15, 0.2) is 6.10 Å². The maximum Gasteiger partial charge on any atom is 0.260 e. The SMILES string of the molecule is CN(CC(C)(C)O)c1ccc2c(c1)N(C)C(=O)C2O. The normalized spacial score (nSPS) is 18.7. The van der Waals surface area contributed by atoms with E-state index in [1.165, 1.54) is 4.90 Å². The van der Waals surface area contributed by atoms with Crippen LogP contribution in [0.4, 0.5) is 11.4 Å². The van der Waals surface area contributed by atoms with E-state index >= 15 is 0 Å². The molecule has 1 aromatic rings. The van der Waals surface area contributed by atoms with Crippen LogP contribution in [0.2, 0.25) is 0 Å². The zero-order chi connectivity index (χ0) is 14.4. The molecule has 0 saturated carbocycles. The first-order valence-corrected chi connectivity index (χ1v) is 6.24. The molecular weight excluding hydrogens is 244 g/mol. The highest BCUT2D eigenvalue weighted by molar-refractivity contribution is 6.03. The van der Waals surface area contributed by atoms with E-state index in [9.17, 15) is 15.0 Å². The summed E-state index contributed by atoms with van der Waals surface area (Å²) in [5, 5.41) is 19.6. The third kappa shape index (κ3) is 2.57. The van der Waals surface area contributed by atoms with Gasteiger partial charge in [-0.1, -0.05) is 6.07 Å². The van der Waals surface area contributed by atoms with Gasteiger partial charge >= 0.3 is 0 Å². The van der Waals surface area contributed by atoms with Crippen molar-refractivity contribution in [1.82, 2.24) is 0 Å². The van der Waals surface area contributed by atoms with E-state index in [0.29, 0.717) is 12.1 Å². The Labute approximate surface area is 113 Å². The average molecular weight is 264 g/mol. The van der Waals surface area contributed by atoms with Crippen LogP contribution in [-0.2, 0) is 4.79 Å². The second kappa shape index (κ2) is 4.51. The average Bonchev–Trinajstić information content (AvgIpc) is 2.52. The summed E-state index contributed by atoms with van der Waals surface area (Å²) in [5.74, 6) is -0.308. The lowest BCUT2D eigenvalue weighted by atomic mass is 10.1. The molecule has 5 nitrogen and oxygen atoms in total. The predicted molar refractivity (Wildman–Crippen MR) is 74.4 cm³/mol. The van der Waals surface area contributed by atoms with Crippen LogP contribution in [0.3, 0.4) is 0 Å². The fourth-order valence-electron chi connectivity index (χ4n) is 2.40. The molecule has 5 heteroatoms. The molecule has 1 aliphatic heterocycles. The first-order valence-electron chi connectivity index (χ1n) is 6.24. The van der Waals surface area contributed by atoms with Gasteiger partial charge in [-0.25, -0.2) is 0 Å². The Morgan fingerprint density at radius 3 is 2.63 bits per heavy atom. The van der Waals surface area contributed by atoms with Crippen molar-refractivity contribution in [3.63, 3.8) is 0 Å². The fraction of sp³-hybridized carbons (Fsp3) is 0.500. The molecule has 1 amide bonds. The zero-order valence-electron chi connectivity index (χ0n) is 11.7. The molecule has 1 heterocycles. The molecule has 1 aromatic carbocycles. The quantitative estimate of drug-likeness (QED) is 0.851. The van der Waals surface area contributed by atoms with Crippen molar-refractivity contribution >= 4 is 17.3 Å². The van der Waals surface area contributed by atoms with Gasteiger partial charge in [-0.2, -0.15) is 0 Å². The summed E-state index contributed by atoms with van der Waals surface area (Å²) in [7, 11) is 3.53. The number of amides is 1. The van der Waals surface area contributed by atoms with Gasteiger partial charge in [-0.15, -0.1) is 0 Å². The van der Waals surface area contributed by atoms with Crippen molar-refractivity contribution in [2.45, 2.75) is 25.6 Å². The predicted octanol–water partition coefficient (Wildman–Crippen LogP) is 0.903. The number of carbonyl (C=O) groups is 1. The second-order valence-corrected chi connectivity index (χ2v) is 5.71. The molecule has 0 saturated heterocycles. The van der Waals surface area contributed by atoms with Crippen LogP contribution in [0.25, 0.3) is 0 Å². The summed E-state index contributed by atoms with van der Waals surface area (Å²) in [5.41, 5.74) is 1.45. The van der Waals surface area contributed by atoms with Crippen molar-refractivity contribution in [2.24, 2.45) is 0 Å². The summed E-state index contributed by atoms with van der Waals surface area (Å²) in [6.45, 7) is 3.97. The number of aliphatic hydroxyl groups excluding tert-OH is 1.